The molecule has 0 aromatic heterocycles. The molecule has 1 heterocycles. The molecule has 120 valence electrons. The van der Waals surface area contributed by atoms with Crippen LogP contribution in [-0.4, -0.2) is 5.84 Å². The standard InChI is InChI=1S/C20H17ClN2O/c1-12-3-6-16-14(9-12)5-8-18(21)19(16)22-20-17-7-4-13(2)10-15(17)11-24-23-20/h3-10H,11H2,1-2H3,(H,22,23). The second-order valence-corrected chi connectivity index (χ2v) is 6.54. The Morgan fingerprint density at radius 3 is 2.67 bits per heavy atom. The Balaban J connectivity index is 1.91. The lowest BCUT2D eigenvalue weighted by Gasteiger charge is -2.20. The summed E-state index contributed by atoms with van der Waals surface area (Å²) in [6.07, 6.45) is 0. The molecule has 3 nitrogen and oxygen atoms in total. The van der Waals surface area contributed by atoms with E-state index in [0.717, 1.165) is 27.6 Å². The summed E-state index contributed by atoms with van der Waals surface area (Å²) >= 11 is 6.44. The summed E-state index contributed by atoms with van der Waals surface area (Å²) in [5.41, 5.74) is 8.29. The van der Waals surface area contributed by atoms with Gasteiger partial charge in [-0.1, -0.05) is 65.2 Å². The molecule has 1 aliphatic rings. The maximum atomic E-state index is 6.44. The van der Waals surface area contributed by atoms with Crippen molar-refractivity contribution >= 4 is 33.9 Å². The van der Waals surface area contributed by atoms with E-state index in [1.807, 2.05) is 12.1 Å². The number of amidine groups is 1. The lowest BCUT2D eigenvalue weighted by Crippen LogP contribution is -2.30. The van der Waals surface area contributed by atoms with Gasteiger partial charge in [-0.3, -0.25) is 4.84 Å². The van der Waals surface area contributed by atoms with E-state index in [-0.39, 0.29) is 0 Å². The quantitative estimate of drug-likeness (QED) is 0.660. The van der Waals surface area contributed by atoms with E-state index in [4.69, 9.17) is 21.4 Å². The third-order valence-corrected chi connectivity index (χ3v) is 4.54. The number of halogens is 1. The van der Waals surface area contributed by atoms with Gasteiger partial charge in [-0.15, -0.1) is 0 Å². The van der Waals surface area contributed by atoms with E-state index < -0.39 is 0 Å². The molecular formula is C20H17ClN2O. The van der Waals surface area contributed by atoms with Crippen LogP contribution in [0.4, 0.5) is 5.69 Å². The second-order valence-electron chi connectivity index (χ2n) is 6.13. The fraction of sp³-hybridized carbons (Fsp3) is 0.150. The van der Waals surface area contributed by atoms with E-state index in [0.29, 0.717) is 17.5 Å². The van der Waals surface area contributed by atoms with Gasteiger partial charge in [0.1, 0.15) is 6.61 Å². The highest BCUT2D eigenvalue weighted by molar-refractivity contribution is 6.35. The van der Waals surface area contributed by atoms with Gasteiger partial charge >= 0.3 is 0 Å². The molecule has 4 heteroatoms. The molecule has 24 heavy (non-hydrogen) atoms. The first-order valence-electron chi connectivity index (χ1n) is 7.87. The number of rotatable bonds is 1. The van der Waals surface area contributed by atoms with Crippen molar-refractivity contribution in [2.75, 3.05) is 0 Å². The molecule has 1 aliphatic heterocycles. The van der Waals surface area contributed by atoms with Gasteiger partial charge in [0.15, 0.2) is 5.84 Å². The number of hydrogen-bond acceptors (Lipinski definition) is 2. The highest BCUT2D eigenvalue weighted by atomic mass is 35.5. The molecule has 0 bridgehead atoms. The molecular weight excluding hydrogens is 320 g/mol. The zero-order chi connectivity index (χ0) is 16.7. The summed E-state index contributed by atoms with van der Waals surface area (Å²) in [4.78, 5) is 10.3. The first-order chi connectivity index (χ1) is 11.6. The lowest BCUT2D eigenvalue weighted by atomic mass is 10.0. The first-order valence-corrected chi connectivity index (χ1v) is 8.25. The van der Waals surface area contributed by atoms with Gasteiger partial charge in [-0.2, -0.15) is 0 Å². The molecule has 0 amide bonds. The van der Waals surface area contributed by atoms with Gasteiger partial charge in [0, 0.05) is 10.9 Å². The van der Waals surface area contributed by atoms with Crippen LogP contribution < -0.4 is 5.48 Å². The number of aliphatic imine (C=N–C) groups is 1. The molecule has 3 aromatic carbocycles. The largest absolute Gasteiger partial charge is 0.270 e. The number of hydroxylamine groups is 1. The zero-order valence-electron chi connectivity index (χ0n) is 13.6. The van der Waals surface area contributed by atoms with Gasteiger partial charge in [0.05, 0.1) is 10.7 Å². The van der Waals surface area contributed by atoms with Crippen LogP contribution in [0.25, 0.3) is 10.8 Å². The Bertz CT molecular complexity index is 979. The predicted molar refractivity (Wildman–Crippen MR) is 99.0 cm³/mol. The summed E-state index contributed by atoms with van der Waals surface area (Å²) in [5.74, 6) is 0.686. The normalized spacial score (nSPS) is 15.4. The summed E-state index contributed by atoms with van der Waals surface area (Å²) < 4.78 is 0. The number of benzene rings is 3. The van der Waals surface area contributed by atoms with Crippen molar-refractivity contribution in [2.45, 2.75) is 20.5 Å². The third kappa shape index (κ3) is 2.66. The topological polar surface area (TPSA) is 33.6 Å². The van der Waals surface area contributed by atoms with Crippen LogP contribution in [0.3, 0.4) is 0 Å². The summed E-state index contributed by atoms with van der Waals surface area (Å²) in [7, 11) is 0. The number of hydrogen-bond donors (Lipinski definition) is 1. The summed E-state index contributed by atoms with van der Waals surface area (Å²) in [5, 5.41) is 2.78. The Labute approximate surface area is 145 Å². The molecule has 0 unspecified atom stereocenters. The molecule has 0 radical (unpaired) electrons. The molecule has 0 spiro atoms. The van der Waals surface area contributed by atoms with E-state index in [1.165, 1.54) is 11.1 Å². The van der Waals surface area contributed by atoms with Crippen molar-refractivity contribution in [1.29, 1.82) is 0 Å². The molecule has 0 saturated carbocycles. The Hall–Kier alpha value is -2.36. The predicted octanol–water partition coefficient (Wildman–Crippen LogP) is 5.22. The Morgan fingerprint density at radius 1 is 1.00 bits per heavy atom. The van der Waals surface area contributed by atoms with Crippen LogP contribution in [0.1, 0.15) is 22.3 Å². The fourth-order valence-corrected chi connectivity index (χ4v) is 3.23. The number of nitrogens with one attached hydrogen (secondary N) is 1. The van der Waals surface area contributed by atoms with Crippen LogP contribution in [0, 0.1) is 13.8 Å². The lowest BCUT2D eigenvalue weighted by molar-refractivity contribution is 0.0652. The molecule has 0 fully saturated rings. The minimum Gasteiger partial charge on any atom is -0.270 e. The summed E-state index contributed by atoms with van der Waals surface area (Å²) in [6, 6.07) is 16.5. The second kappa shape index (κ2) is 5.93. The Kier molecular flexibility index (Phi) is 3.75. The van der Waals surface area contributed by atoms with Crippen LogP contribution in [0.15, 0.2) is 53.5 Å². The van der Waals surface area contributed by atoms with Crippen molar-refractivity contribution in [2.24, 2.45) is 4.99 Å². The number of fused-ring (bicyclic) bond motifs is 2. The molecule has 0 aliphatic carbocycles. The maximum absolute atomic E-state index is 6.44. The molecule has 3 aromatic rings. The number of nitrogens with zero attached hydrogens (tertiary/aromatic N) is 1. The monoisotopic (exact) mass is 336 g/mol. The van der Waals surface area contributed by atoms with Gasteiger partial charge < -0.3 is 0 Å². The van der Waals surface area contributed by atoms with Gasteiger partial charge in [0.25, 0.3) is 0 Å². The van der Waals surface area contributed by atoms with Gasteiger partial charge in [-0.05, 0) is 30.9 Å². The fourth-order valence-electron chi connectivity index (χ4n) is 3.02. The Morgan fingerprint density at radius 2 is 1.79 bits per heavy atom. The average molecular weight is 337 g/mol. The van der Waals surface area contributed by atoms with Crippen molar-refractivity contribution in [1.82, 2.24) is 5.48 Å². The van der Waals surface area contributed by atoms with Gasteiger partial charge in [0.2, 0.25) is 0 Å². The van der Waals surface area contributed by atoms with Crippen molar-refractivity contribution in [3.63, 3.8) is 0 Å². The average Bonchev–Trinajstić information content (AvgIpc) is 2.57. The van der Waals surface area contributed by atoms with E-state index in [1.54, 1.807) is 0 Å². The van der Waals surface area contributed by atoms with Crippen LogP contribution in [-0.2, 0) is 11.4 Å². The van der Waals surface area contributed by atoms with Gasteiger partial charge in [-0.25, -0.2) is 10.5 Å². The molecule has 4 rings (SSSR count). The smallest absolute Gasteiger partial charge is 0.158 e. The van der Waals surface area contributed by atoms with Crippen LogP contribution >= 0.6 is 11.6 Å². The third-order valence-electron chi connectivity index (χ3n) is 4.23. The van der Waals surface area contributed by atoms with Crippen molar-refractivity contribution in [3.05, 3.63) is 75.8 Å². The molecule has 0 saturated heterocycles. The van der Waals surface area contributed by atoms with Crippen LogP contribution in [0.2, 0.25) is 5.02 Å². The minimum absolute atomic E-state index is 0.526. The highest BCUT2D eigenvalue weighted by Gasteiger charge is 2.17. The van der Waals surface area contributed by atoms with E-state index in [9.17, 15) is 0 Å². The maximum Gasteiger partial charge on any atom is 0.158 e. The van der Waals surface area contributed by atoms with E-state index in [2.05, 4.69) is 55.7 Å². The van der Waals surface area contributed by atoms with Crippen molar-refractivity contribution < 1.29 is 4.84 Å². The van der Waals surface area contributed by atoms with E-state index >= 15 is 0 Å². The zero-order valence-corrected chi connectivity index (χ0v) is 14.3. The number of aryl methyl sites for hydroxylation is 2. The molecule has 0 atom stereocenters. The summed E-state index contributed by atoms with van der Waals surface area (Å²) in [6.45, 7) is 4.68. The molecule has 1 N–H and O–H groups in total. The highest BCUT2D eigenvalue weighted by Crippen LogP contribution is 2.35. The minimum atomic E-state index is 0.526. The van der Waals surface area contributed by atoms with Crippen molar-refractivity contribution in [3.8, 4) is 0 Å². The van der Waals surface area contributed by atoms with Crippen LogP contribution in [0.5, 0.6) is 0 Å². The SMILES string of the molecule is Cc1ccc2c(c1)CONC2=Nc1c(Cl)ccc2cc(C)ccc12. The first kappa shape index (κ1) is 15.2.